The first-order chi connectivity index (χ1) is 13.8. The molecule has 1 aromatic heterocycles. The third-order valence-electron chi connectivity index (χ3n) is 5.13. The Balaban J connectivity index is 2.28. The highest BCUT2D eigenvalue weighted by Gasteiger charge is 2.21. The fraction of sp³-hybridized carbons (Fsp3) is 0.400. The monoisotopic (exact) mass is 396 g/mol. The highest BCUT2D eigenvalue weighted by molar-refractivity contribution is 6.00. The molecular formula is C25H29FO3. The van der Waals surface area contributed by atoms with Crippen LogP contribution in [-0.4, -0.2) is 19.1 Å². The smallest absolute Gasteiger partial charge is 0.194 e. The van der Waals surface area contributed by atoms with Crippen molar-refractivity contribution < 1.29 is 18.3 Å². The van der Waals surface area contributed by atoms with E-state index in [1.165, 1.54) is 12.5 Å². The summed E-state index contributed by atoms with van der Waals surface area (Å²) in [6, 6.07) is 12.0. The molecule has 29 heavy (non-hydrogen) atoms. The molecule has 3 rings (SSSR count). The number of para-hydroxylation sites is 1. The number of alkyl halides is 1. The van der Waals surface area contributed by atoms with Gasteiger partial charge in [-0.05, 0) is 35.1 Å². The molecule has 0 saturated carbocycles. The third kappa shape index (κ3) is 4.36. The topological polar surface area (TPSA) is 39.4 Å². The molecule has 4 heteroatoms. The highest BCUT2D eigenvalue weighted by Crippen LogP contribution is 2.42. The van der Waals surface area contributed by atoms with Gasteiger partial charge in [0.1, 0.15) is 11.3 Å². The number of hydrogen-bond donors (Lipinski definition) is 0. The normalized spacial score (nSPS) is 11.6. The minimum atomic E-state index is -0.411. The summed E-state index contributed by atoms with van der Waals surface area (Å²) in [5, 5.41) is 0.878. The van der Waals surface area contributed by atoms with E-state index in [0.29, 0.717) is 30.3 Å². The van der Waals surface area contributed by atoms with Crippen LogP contribution >= 0.6 is 0 Å². The van der Waals surface area contributed by atoms with Crippen LogP contribution in [0.1, 0.15) is 74.6 Å². The van der Waals surface area contributed by atoms with Crippen molar-refractivity contribution >= 4 is 16.8 Å². The Hall–Kier alpha value is -2.62. The number of carbonyl (C=O) groups excluding carboxylic acids is 1. The lowest BCUT2D eigenvalue weighted by Crippen LogP contribution is -2.05. The van der Waals surface area contributed by atoms with Gasteiger partial charge >= 0.3 is 0 Å². The van der Waals surface area contributed by atoms with Gasteiger partial charge in [-0.2, -0.15) is 0 Å². The summed E-state index contributed by atoms with van der Waals surface area (Å²) in [5.74, 6) is 1.60. The molecule has 1 heterocycles. The lowest BCUT2D eigenvalue weighted by molar-refractivity contribution is 0.0989. The Morgan fingerprint density at radius 3 is 2.45 bits per heavy atom. The standard InChI is InChI=1S/C25H29FO3/c1-15(2)19-12-21(16(3)4)25(28-11-7-10-26)22(13-19)20-9-6-8-18-14-23(17(5)27)29-24(18)20/h6,8-9,12-16H,7,10-11H2,1-5H3. The highest BCUT2D eigenvalue weighted by atomic mass is 19.1. The van der Waals surface area contributed by atoms with E-state index < -0.39 is 6.67 Å². The average Bonchev–Trinajstić information content (AvgIpc) is 3.12. The molecule has 0 atom stereocenters. The number of hydrogen-bond acceptors (Lipinski definition) is 3. The van der Waals surface area contributed by atoms with Crippen LogP contribution in [0.2, 0.25) is 0 Å². The van der Waals surface area contributed by atoms with Gasteiger partial charge in [-0.1, -0.05) is 52.0 Å². The van der Waals surface area contributed by atoms with Crippen molar-refractivity contribution in [3.63, 3.8) is 0 Å². The van der Waals surface area contributed by atoms with E-state index in [-0.39, 0.29) is 11.7 Å². The first-order valence-corrected chi connectivity index (χ1v) is 10.2. The Morgan fingerprint density at radius 2 is 1.83 bits per heavy atom. The molecule has 0 bridgehead atoms. The van der Waals surface area contributed by atoms with Crippen molar-refractivity contribution in [1.29, 1.82) is 0 Å². The van der Waals surface area contributed by atoms with Crippen molar-refractivity contribution in [3.05, 3.63) is 53.3 Å². The van der Waals surface area contributed by atoms with Gasteiger partial charge in [0.25, 0.3) is 0 Å². The first-order valence-electron chi connectivity index (χ1n) is 10.2. The molecule has 2 aromatic carbocycles. The Labute approximate surface area is 171 Å². The molecule has 0 unspecified atom stereocenters. The predicted octanol–water partition coefficient (Wildman–Crippen LogP) is 7.29. The molecular weight excluding hydrogens is 367 g/mol. The van der Waals surface area contributed by atoms with Crippen molar-refractivity contribution in [2.45, 2.75) is 52.9 Å². The van der Waals surface area contributed by atoms with E-state index in [4.69, 9.17) is 9.15 Å². The zero-order valence-corrected chi connectivity index (χ0v) is 17.8. The minimum absolute atomic E-state index is 0.106. The van der Waals surface area contributed by atoms with Gasteiger partial charge in [0, 0.05) is 29.9 Å². The van der Waals surface area contributed by atoms with Gasteiger partial charge in [-0.3, -0.25) is 9.18 Å². The number of rotatable bonds is 8. The molecule has 0 fully saturated rings. The number of carbonyl (C=O) groups is 1. The predicted molar refractivity (Wildman–Crippen MR) is 116 cm³/mol. The SMILES string of the molecule is CC(=O)c1cc2cccc(-c3cc(C(C)C)cc(C(C)C)c3OCCCF)c2o1. The number of ketones is 1. The van der Waals surface area contributed by atoms with Crippen LogP contribution in [-0.2, 0) is 0 Å². The van der Waals surface area contributed by atoms with Gasteiger partial charge in [0.15, 0.2) is 11.5 Å². The van der Waals surface area contributed by atoms with Gasteiger partial charge < -0.3 is 9.15 Å². The van der Waals surface area contributed by atoms with Gasteiger partial charge in [-0.15, -0.1) is 0 Å². The number of ether oxygens (including phenoxy) is 1. The maximum atomic E-state index is 12.7. The molecule has 0 radical (unpaired) electrons. The van der Waals surface area contributed by atoms with E-state index in [0.717, 1.165) is 27.8 Å². The van der Waals surface area contributed by atoms with Crippen LogP contribution in [0.4, 0.5) is 4.39 Å². The molecule has 0 aliphatic heterocycles. The first kappa shape index (κ1) is 21.1. The molecule has 0 aliphatic rings. The number of halogens is 1. The maximum absolute atomic E-state index is 12.7. The van der Waals surface area contributed by atoms with Crippen LogP contribution in [0.25, 0.3) is 22.1 Å². The second-order valence-corrected chi connectivity index (χ2v) is 8.08. The Morgan fingerprint density at radius 1 is 1.07 bits per heavy atom. The van der Waals surface area contributed by atoms with Crippen LogP contribution in [0.15, 0.2) is 40.8 Å². The summed E-state index contributed by atoms with van der Waals surface area (Å²) in [4.78, 5) is 11.8. The fourth-order valence-corrected chi connectivity index (χ4v) is 3.48. The summed E-state index contributed by atoms with van der Waals surface area (Å²) >= 11 is 0. The molecule has 0 aliphatic carbocycles. The Kier molecular flexibility index (Phi) is 6.41. The lowest BCUT2D eigenvalue weighted by atomic mass is 9.89. The second-order valence-electron chi connectivity index (χ2n) is 8.08. The molecule has 154 valence electrons. The summed E-state index contributed by atoms with van der Waals surface area (Å²) in [6.45, 7) is 9.99. The van der Waals surface area contributed by atoms with Crippen molar-refractivity contribution in [1.82, 2.24) is 0 Å². The van der Waals surface area contributed by atoms with Crippen molar-refractivity contribution in [2.24, 2.45) is 0 Å². The van der Waals surface area contributed by atoms with Crippen LogP contribution in [0.5, 0.6) is 5.75 Å². The zero-order chi connectivity index (χ0) is 21.1. The fourth-order valence-electron chi connectivity index (χ4n) is 3.48. The average molecular weight is 397 g/mol. The van der Waals surface area contributed by atoms with Crippen LogP contribution in [0, 0.1) is 0 Å². The van der Waals surface area contributed by atoms with Crippen molar-refractivity contribution in [2.75, 3.05) is 13.3 Å². The number of furan rings is 1. The number of fused-ring (bicyclic) bond motifs is 1. The molecule has 3 nitrogen and oxygen atoms in total. The largest absolute Gasteiger partial charge is 0.493 e. The Bertz CT molecular complexity index is 1010. The number of Topliss-reactive ketones (excluding diaryl/α,β-unsaturated/α-hetero) is 1. The maximum Gasteiger partial charge on any atom is 0.194 e. The van der Waals surface area contributed by atoms with E-state index >= 15 is 0 Å². The van der Waals surface area contributed by atoms with Gasteiger partial charge in [-0.25, -0.2) is 0 Å². The van der Waals surface area contributed by atoms with Crippen LogP contribution in [0.3, 0.4) is 0 Å². The summed E-state index contributed by atoms with van der Waals surface area (Å²) in [5.41, 5.74) is 4.78. The molecule has 0 amide bonds. The van der Waals surface area contributed by atoms with Gasteiger partial charge in [0.05, 0.1) is 13.3 Å². The summed E-state index contributed by atoms with van der Waals surface area (Å²) < 4.78 is 24.8. The molecule has 0 N–H and O–H groups in total. The van der Waals surface area contributed by atoms with E-state index in [9.17, 15) is 9.18 Å². The second kappa shape index (κ2) is 8.81. The number of benzene rings is 2. The van der Waals surface area contributed by atoms with E-state index in [1.807, 2.05) is 18.2 Å². The van der Waals surface area contributed by atoms with E-state index in [1.54, 1.807) is 6.07 Å². The summed E-state index contributed by atoms with van der Waals surface area (Å²) in [6.07, 6.45) is 0.350. The lowest BCUT2D eigenvalue weighted by Gasteiger charge is -2.21. The van der Waals surface area contributed by atoms with Crippen molar-refractivity contribution in [3.8, 4) is 16.9 Å². The van der Waals surface area contributed by atoms with Crippen LogP contribution < -0.4 is 4.74 Å². The third-order valence-corrected chi connectivity index (χ3v) is 5.13. The molecule has 3 aromatic rings. The summed E-state index contributed by atoms with van der Waals surface area (Å²) in [7, 11) is 0. The molecule has 0 spiro atoms. The van der Waals surface area contributed by atoms with E-state index in [2.05, 4.69) is 39.8 Å². The zero-order valence-electron chi connectivity index (χ0n) is 17.8. The molecule has 0 saturated heterocycles. The minimum Gasteiger partial charge on any atom is -0.493 e. The quantitative estimate of drug-likeness (QED) is 0.296. The van der Waals surface area contributed by atoms with Gasteiger partial charge in [0.2, 0.25) is 0 Å².